The van der Waals surface area contributed by atoms with Crippen LogP contribution in [-0.4, -0.2) is 33.7 Å². The fourth-order valence-electron chi connectivity index (χ4n) is 2.48. The molecule has 1 rings (SSSR count). The van der Waals surface area contributed by atoms with Gasteiger partial charge < -0.3 is 20.8 Å². The van der Waals surface area contributed by atoms with Crippen molar-refractivity contribution >= 4 is 19.4 Å². The number of benzene rings is 1. The van der Waals surface area contributed by atoms with Gasteiger partial charge in [0, 0.05) is 4.91 Å². The number of carbonyl (C=O) groups is 2. The molecule has 10 nitrogen and oxygen atoms in total. The second kappa shape index (κ2) is 10.1. The van der Waals surface area contributed by atoms with Crippen LogP contribution in [0.5, 0.6) is 0 Å². The Morgan fingerprint density at radius 1 is 1.26 bits per heavy atom. The summed E-state index contributed by atoms with van der Waals surface area (Å²) in [4.78, 5) is 44.5. The van der Waals surface area contributed by atoms with Crippen molar-refractivity contribution in [1.29, 1.82) is 0 Å². The Bertz CT molecular complexity index is 755. The number of azide groups is 1. The zero-order valence-electron chi connectivity index (χ0n) is 15.1. The van der Waals surface area contributed by atoms with Crippen molar-refractivity contribution in [3.8, 4) is 0 Å². The zero-order valence-corrected chi connectivity index (χ0v) is 16.0. The summed E-state index contributed by atoms with van der Waals surface area (Å²) in [6.07, 6.45) is 0.0451. The number of nitrogens with zero attached hydrogens (tertiary/aromatic N) is 3. The molecule has 0 aromatic heterocycles. The lowest BCUT2D eigenvalue weighted by Crippen LogP contribution is -2.48. The average Bonchev–Trinajstić information content (AvgIpc) is 2.53. The molecule has 0 fully saturated rings. The summed E-state index contributed by atoms with van der Waals surface area (Å²) >= 11 is 0. The molecule has 0 spiro atoms. The van der Waals surface area contributed by atoms with Crippen LogP contribution in [0.4, 0.5) is 0 Å². The van der Waals surface area contributed by atoms with Crippen molar-refractivity contribution in [2.24, 2.45) is 16.8 Å². The number of amides is 2. The minimum atomic E-state index is -4.17. The highest BCUT2D eigenvalue weighted by Crippen LogP contribution is 2.38. The first-order valence-corrected chi connectivity index (χ1v) is 10.1. The molecule has 1 aromatic rings. The van der Waals surface area contributed by atoms with E-state index >= 15 is 0 Å². The van der Waals surface area contributed by atoms with Gasteiger partial charge in [0.2, 0.25) is 11.8 Å². The Hall–Kier alpha value is -2.38. The van der Waals surface area contributed by atoms with Crippen LogP contribution in [-0.2, 0) is 26.7 Å². The average molecular weight is 397 g/mol. The predicted molar refractivity (Wildman–Crippen MR) is 99.4 cm³/mol. The van der Waals surface area contributed by atoms with E-state index in [9.17, 15) is 14.2 Å². The molecule has 0 aliphatic rings. The summed E-state index contributed by atoms with van der Waals surface area (Å²) in [5, 5.41) is 6.00. The quantitative estimate of drug-likeness (QED) is 0.202. The van der Waals surface area contributed by atoms with Gasteiger partial charge in [-0.05, 0) is 35.4 Å². The summed E-state index contributed by atoms with van der Waals surface area (Å²) in [7, 11) is -4.17. The zero-order chi connectivity index (χ0) is 20.6. The molecule has 0 saturated carbocycles. The highest BCUT2D eigenvalue weighted by molar-refractivity contribution is 7.50. The van der Waals surface area contributed by atoms with E-state index in [0.29, 0.717) is 17.5 Å². The molecule has 5 N–H and O–H groups in total. The Kier molecular flexibility index (Phi) is 8.46. The minimum absolute atomic E-state index is 0.0687. The number of nitrogens with one attached hydrogen (secondary N) is 1. The molecule has 1 aromatic carbocycles. The van der Waals surface area contributed by atoms with Crippen molar-refractivity contribution in [1.82, 2.24) is 5.32 Å². The van der Waals surface area contributed by atoms with E-state index in [0.717, 1.165) is 0 Å². The van der Waals surface area contributed by atoms with Gasteiger partial charge in [0.1, 0.15) is 12.1 Å². The molecule has 0 saturated heterocycles. The fraction of sp³-hybridized carbons (Fsp3) is 0.500. The molecular formula is C16H24N5O5P. The van der Waals surface area contributed by atoms with Crippen molar-refractivity contribution in [3.63, 3.8) is 0 Å². The Balaban J connectivity index is 2.86. The van der Waals surface area contributed by atoms with Crippen LogP contribution >= 0.6 is 7.60 Å². The third kappa shape index (κ3) is 8.70. The highest BCUT2D eigenvalue weighted by atomic mass is 31.2. The second-order valence-corrected chi connectivity index (χ2v) is 8.30. The first-order valence-electron chi connectivity index (χ1n) is 8.28. The number of rotatable bonds is 10. The van der Waals surface area contributed by atoms with E-state index < -0.39 is 31.5 Å². The summed E-state index contributed by atoms with van der Waals surface area (Å²) in [5.41, 5.74) is 15.1. The largest absolute Gasteiger partial charge is 0.368 e. The number of hydrogen-bond donors (Lipinski definition) is 4. The van der Waals surface area contributed by atoms with Gasteiger partial charge in [-0.3, -0.25) is 14.2 Å². The van der Waals surface area contributed by atoms with E-state index in [1.165, 1.54) is 12.1 Å². The maximum Gasteiger partial charge on any atom is 0.329 e. The Morgan fingerprint density at radius 3 is 2.26 bits per heavy atom. The van der Waals surface area contributed by atoms with Gasteiger partial charge in [-0.1, -0.05) is 43.2 Å². The van der Waals surface area contributed by atoms with Gasteiger partial charge in [0.05, 0.1) is 6.16 Å². The number of primary amides is 1. The molecular weight excluding hydrogens is 373 g/mol. The SMILES string of the molecule is CC(C)CC(NC(=O)[C@H](Cc1ccc(CP(=O)(O)O)cc1)N=[N+]=[N-])C(N)=O. The van der Waals surface area contributed by atoms with Crippen molar-refractivity contribution in [2.75, 3.05) is 0 Å². The first-order chi connectivity index (χ1) is 12.5. The van der Waals surface area contributed by atoms with Gasteiger partial charge in [-0.25, -0.2) is 0 Å². The summed E-state index contributed by atoms with van der Waals surface area (Å²) in [6, 6.07) is 4.31. The van der Waals surface area contributed by atoms with Crippen LogP contribution in [0.3, 0.4) is 0 Å². The molecule has 0 radical (unpaired) electrons. The molecule has 27 heavy (non-hydrogen) atoms. The molecule has 2 atom stereocenters. The highest BCUT2D eigenvalue weighted by Gasteiger charge is 2.24. The lowest BCUT2D eigenvalue weighted by molar-refractivity contribution is -0.128. The topological polar surface area (TPSA) is 178 Å². The van der Waals surface area contributed by atoms with Crippen LogP contribution in [0.2, 0.25) is 0 Å². The molecule has 2 amide bonds. The minimum Gasteiger partial charge on any atom is -0.368 e. The van der Waals surface area contributed by atoms with Gasteiger partial charge in [-0.2, -0.15) is 0 Å². The molecule has 0 aliphatic carbocycles. The van der Waals surface area contributed by atoms with Gasteiger partial charge in [0.15, 0.2) is 0 Å². The van der Waals surface area contributed by atoms with Crippen LogP contribution in [0, 0.1) is 5.92 Å². The summed E-state index contributed by atoms with van der Waals surface area (Å²) < 4.78 is 11.0. The van der Waals surface area contributed by atoms with Gasteiger partial charge >= 0.3 is 7.60 Å². The van der Waals surface area contributed by atoms with E-state index in [-0.39, 0.29) is 18.5 Å². The summed E-state index contributed by atoms with van der Waals surface area (Å²) in [5.74, 6) is -1.16. The molecule has 0 bridgehead atoms. The maximum absolute atomic E-state index is 12.4. The van der Waals surface area contributed by atoms with Gasteiger partial charge in [-0.15, -0.1) is 0 Å². The third-order valence-electron chi connectivity index (χ3n) is 3.70. The molecule has 0 heterocycles. The normalized spacial score (nSPS) is 13.5. The Morgan fingerprint density at radius 2 is 1.81 bits per heavy atom. The summed E-state index contributed by atoms with van der Waals surface area (Å²) in [6.45, 7) is 3.76. The molecule has 11 heteroatoms. The lowest BCUT2D eigenvalue weighted by atomic mass is 10.0. The van der Waals surface area contributed by atoms with Crippen LogP contribution in [0.15, 0.2) is 29.4 Å². The van der Waals surface area contributed by atoms with Gasteiger partial charge in [0.25, 0.3) is 0 Å². The van der Waals surface area contributed by atoms with Crippen LogP contribution in [0.1, 0.15) is 31.4 Å². The van der Waals surface area contributed by atoms with E-state index in [4.69, 9.17) is 21.1 Å². The van der Waals surface area contributed by atoms with Crippen LogP contribution < -0.4 is 11.1 Å². The number of nitrogens with two attached hydrogens (primary N) is 1. The monoisotopic (exact) mass is 397 g/mol. The number of hydrogen-bond acceptors (Lipinski definition) is 4. The smallest absolute Gasteiger partial charge is 0.329 e. The lowest BCUT2D eigenvalue weighted by Gasteiger charge is -2.20. The molecule has 148 valence electrons. The first kappa shape index (κ1) is 22.7. The molecule has 1 unspecified atom stereocenters. The standard InChI is InChI=1S/C16H24N5O5P/c1-10(2)7-13(15(17)22)19-16(23)14(20-21-18)8-11-3-5-12(6-4-11)9-27(24,25)26/h3-6,10,13-14H,7-9H2,1-2H3,(H2,17,22)(H,19,23)(H2,24,25,26)/t13?,14-/m0/s1. The second-order valence-electron chi connectivity index (χ2n) is 6.66. The van der Waals surface area contributed by atoms with E-state index in [1.807, 2.05) is 13.8 Å². The van der Waals surface area contributed by atoms with Crippen molar-refractivity contribution in [3.05, 3.63) is 45.8 Å². The van der Waals surface area contributed by atoms with E-state index in [1.54, 1.807) is 12.1 Å². The third-order valence-corrected chi connectivity index (χ3v) is 4.48. The maximum atomic E-state index is 12.4. The fourth-order valence-corrected chi connectivity index (χ4v) is 3.16. The Labute approximate surface area is 156 Å². The van der Waals surface area contributed by atoms with E-state index in [2.05, 4.69) is 15.3 Å². The molecule has 0 aliphatic heterocycles. The van der Waals surface area contributed by atoms with Crippen LogP contribution in [0.25, 0.3) is 10.4 Å². The van der Waals surface area contributed by atoms with Crippen molar-refractivity contribution in [2.45, 2.75) is 44.9 Å². The number of carbonyl (C=O) groups excluding carboxylic acids is 2. The van der Waals surface area contributed by atoms with Crippen molar-refractivity contribution < 1.29 is 23.9 Å². The predicted octanol–water partition coefficient (Wildman–Crippen LogP) is 1.60.